The molecule has 0 N–H and O–H groups in total. The molecule has 0 bridgehead atoms. The standard InChI is InChI=1S/C24H21FN4O4S2/c25-20-4-1-5-21-22(20)27-24(34-21)29(16-17-3-2-10-26-15-17)23(30)18-6-8-19(9-7-18)35(31,32)28-11-13-33-14-12-28/h1-10,15H,11-14,16H2. The Balaban J connectivity index is 1.47. The fraction of sp³-hybridized carbons (Fsp3) is 0.208. The van der Waals surface area contributed by atoms with Gasteiger partial charge in [0.1, 0.15) is 11.3 Å². The van der Waals surface area contributed by atoms with Gasteiger partial charge in [-0.25, -0.2) is 17.8 Å². The molecule has 11 heteroatoms. The van der Waals surface area contributed by atoms with E-state index in [1.807, 2.05) is 6.07 Å². The zero-order chi connectivity index (χ0) is 24.4. The van der Waals surface area contributed by atoms with E-state index >= 15 is 0 Å². The maximum Gasteiger partial charge on any atom is 0.260 e. The van der Waals surface area contributed by atoms with Crippen molar-refractivity contribution < 1.29 is 22.3 Å². The predicted octanol–water partition coefficient (Wildman–Crippen LogP) is 3.70. The van der Waals surface area contributed by atoms with E-state index in [1.165, 1.54) is 50.9 Å². The molecule has 1 fully saturated rings. The highest BCUT2D eigenvalue weighted by Crippen LogP contribution is 2.32. The SMILES string of the molecule is O=C(c1ccc(S(=O)(=O)N2CCOCC2)cc1)N(Cc1cccnc1)c1nc2c(F)cccc2s1. The molecule has 0 atom stereocenters. The van der Waals surface area contributed by atoms with Gasteiger partial charge in [-0.2, -0.15) is 4.31 Å². The first-order chi connectivity index (χ1) is 16.9. The molecule has 2 aromatic heterocycles. The van der Waals surface area contributed by atoms with Gasteiger partial charge >= 0.3 is 0 Å². The zero-order valence-electron chi connectivity index (χ0n) is 18.5. The van der Waals surface area contributed by atoms with Gasteiger partial charge in [-0.15, -0.1) is 0 Å². The van der Waals surface area contributed by atoms with E-state index < -0.39 is 15.8 Å². The Hall–Kier alpha value is -3.25. The van der Waals surface area contributed by atoms with Crippen molar-refractivity contribution >= 4 is 42.6 Å². The molecule has 4 aromatic rings. The average molecular weight is 513 g/mol. The van der Waals surface area contributed by atoms with Gasteiger partial charge in [-0.1, -0.05) is 23.5 Å². The summed E-state index contributed by atoms with van der Waals surface area (Å²) in [5.41, 5.74) is 1.25. The largest absolute Gasteiger partial charge is 0.379 e. The Morgan fingerprint density at radius 1 is 1.09 bits per heavy atom. The van der Waals surface area contributed by atoms with Crippen molar-refractivity contribution in [2.24, 2.45) is 0 Å². The lowest BCUT2D eigenvalue weighted by Gasteiger charge is -2.26. The van der Waals surface area contributed by atoms with Gasteiger partial charge in [0.15, 0.2) is 5.13 Å². The topological polar surface area (TPSA) is 92.7 Å². The van der Waals surface area contributed by atoms with Gasteiger partial charge in [0.25, 0.3) is 5.91 Å². The van der Waals surface area contributed by atoms with Gasteiger partial charge < -0.3 is 4.74 Å². The molecule has 180 valence electrons. The number of rotatable bonds is 6. The number of anilines is 1. The highest BCUT2D eigenvalue weighted by atomic mass is 32.2. The van der Waals surface area contributed by atoms with E-state index in [2.05, 4.69) is 9.97 Å². The summed E-state index contributed by atoms with van der Waals surface area (Å²) in [7, 11) is -3.68. The normalized spacial score (nSPS) is 14.8. The third kappa shape index (κ3) is 4.80. The lowest BCUT2D eigenvalue weighted by atomic mass is 10.2. The molecule has 0 unspecified atom stereocenters. The number of halogens is 1. The third-order valence-electron chi connectivity index (χ3n) is 5.61. The summed E-state index contributed by atoms with van der Waals surface area (Å²) in [6.45, 7) is 1.44. The van der Waals surface area contributed by atoms with Gasteiger partial charge in [-0.3, -0.25) is 14.7 Å². The number of morpholine rings is 1. The van der Waals surface area contributed by atoms with E-state index in [0.717, 1.165) is 5.56 Å². The maximum absolute atomic E-state index is 14.3. The lowest BCUT2D eigenvalue weighted by Crippen LogP contribution is -2.40. The van der Waals surface area contributed by atoms with Crippen LogP contribution >= 0.6 is 11.3 Å². The lowest BCUT2D eigenvalue weighted by molar-refractivity contribution is 0.0730. The molecular weight excluding hydrogens is 491 g/mol. The smallest absolute Gasteiger partial charge is 0.260 e. The van der Waals surface area contributed by atoms with Crippen LogP contribution in [0.4, 0.5) is 9.52 Å². The van der Waals surface area contributed by atoms with E-state index in [-0.39, 0.29) is 41.5 Å². The molecule has 8 nitrogen and oxygen atoms in total. The summed E-state index contributed by atoms with van der Waals surface area (Å²) < 4.78 is 47.4. The molecule has 5 rings (SSSR count). The Morgan fingerprint density at radius 3 is 2.54 bits per heavy atom. The number of nitrogens with zero attached hydrogens (tertiary/aromatic N) is 4. The van der Waals surface area contributed by atoms with Crippen LogP contribution in [0.2, 0.25) is 0 Å². The highest BCUT2D eigenvalue weighted by Gasteiger charge is 2.27. The Kier molecular flexibility index (Phi) is 6.56. The Labute approximate surface area is 205 Å². The molecule has 0 saturated carbocycles. The van der Waals surface area contributed by atoms with Gasteiger partial charge in [0.2, 0.25) is 10.0 Å². The molecule has 1 aliphatic heterocycles. The van der Waals surface area contributed by atoms with Crippen molar-refractivity contribution in [1.82, 2.24) is 14.3 Å². The summed E-state index contributed by atoms with van der Waals surface area (Å²) in [4.78, 5) is 23.6. The molecule has 0 aliphatic carbocycles. The van der Waals surface area contributed by atoms with Crippen LogP contribution in [0.25, 0.3) is 10.2 Å². The van der Waals surface area contributed by atoms with Crippen molar-refractivity contribution in [2.45, 2.75) is 11.4 Å². The molecular formula is C24H21FN4O4S2. The third-order valence-corrected chi connectivity index (χ3v) is 8.56. The van der Waals surface area contributed by atoms with Crippen LogP contribution in [0.1, 0.15) is 15.9 Å². The van der Waals surface area contributed by atoms with E-state index in [4.69, 9.17) is 4.74 Å². The molecule has 3 heterocycles. The first-order valence-corrected chi connectivity index (χ1v) is 13.1. The predicted molar refractivity (Wildman–Crippen MR) is 130 cm³/mol. The van der Waals surface area contributed by atoms with Crippen molar-refractivity contribution in [3.8, 4) is 0 Å². The minimum atomic E-state index is -3.68. The van der Waals surface area contributed by atoms with Crippen molar-refractivity contribution in [2.75, 3.05) is 31.2 Å². The number of ether oxygens (including phenoxy) is 1. The van der Waals surface area contributed by atoms with Crippen LogP contribution in [0.5, 0.6) is 0 Å². The zero-order valence-corrected chi connectivity index (χ0v) is 20.1. The molecule has 1 saturated heterocycles. The van der Waals surface area contributed by atoms with E-state index in [1.54, 1.807) is 30.6 Å². The van der Waals surface area contributed by atoms with Crippen LogP contribution < -0.4 is 4.90 Å². The first kappa shape index (κ1) is 23.5. The summed E-state index contributed by atoms with van der Waals surface area (Å²) >= 11 is 1.21. The van der Waals surface area contributed by atoms with Crippen molar-refractivity contribution in [3.05, 3.63) is 83.9 Å². The number of hydrogen-bond donors (Lipinski definition) is 0. The molecule has 35 heavy (non-hydrogen) atoms. The van der Waals surface area contributed by atoms with Crippen molar-refractivity contribution in [1.29, 1.82) is 0 Å². The monoisotopic (exact) mass is 512 g/mol. The second-order valence-corrected chi connectivity index (χ2v) is 10.8. The fourth-order valence-corrected chi connectivity index (χ4v) is 6.17. The van der Waals surface area contributed by atoms with Crippen LogP contribution in [-0.2, 0) is 21.3 Å². The number of aromatic nitrogens is 2. The van der Waals surface area contributed by atoms with Gasteiger partial charge in [-0.05, 0) is 48.0 Å². The number of thiazole rings is 1. The van der Waals surface area contributed by atoms with Gasteiger partial charge in [0.05, 0.1) is 29.4 Å². The fourth-order valence-electron chi connectivity index (χ4n) is 3.78. The van der Waals surface area contributed by atoms with E-state index in [0.29, 0.717) is 23.0 Å². The summed E-state index contributed by atoms with van der Waals surface area (Å²) in [6, 6.07) is 14.1. The maximum atomic E-state index is 14.3. The number of benzene rings is 2. The second kappa shape index (κ2) is 9.78. The Bertz CT molecular complexity index is 1450. The number of sulfonamides is 1. The van der Waals surface area contributed by atoms with Crippen LogP contribution in [-0.4, -0.2) is 54.9 Å². The quantitative estimate of drug-likeness (QED) is 0.391. The van der Waals surface area contributed by atoms with Crippen LogP contribution in [0, 0.1) is 5.82 Å². The second-order valence-electron chi connectivity index (χ2n) is 7.88. The molecule has 2 aromatic carbocycles. The summed E-state index contributed by atoms with van der Waals surface area (Å²) in [5, 5.41) is 0.337. The van der Waals surface area contributed by atoms with Gasteiger partial charge in [0, 0.05) is 31.0 Å². The first-order valence-electron chi connectivity index (χ1n) is 10.9. The Morgan fingerprint density at radius 2 is 1.86 bits per heavy atom. The van der Waals surface area contributed by atoms with Crippen LogP contribution in [0.3, 0.4) is 0 Å². The number of fused-ring (bicyclic) bond motifs is 1. The minimum Gasteiger partial charge on any atom is -0.379 e. The summed E-state index contributed by atoms with van der Waals surface area (Å²) in [5.74, 6) is -0.847. The van der Waals surface area contributed by atoms with Crippen molar-refractivity contribution in [3.63, 3.8) is 0 Å². The molecule has 1 aliphatic rings. The van der Waals surface area contributed by atoms with E-state index in [9.17, 15) is 17.6 Å². The average Bonchev–Trinajstić information content (AvgIpc) is 3.34. The molecule has 1 amide bonds. The number of pyridine rings is 1. The number of amides is 1. The summed E-state index contributed by atoms with van der Waals surface area (Å²) in [6.07, 6.45) is 3.28. The number of carbonyl (C=O) groups is 1. The number of para-hydroxylation sites is 1. The minimum absolute atomic E-state index is 0.108. The number of carbonyl (C=O) groups excluding carboxylic acids is 1. The number of hydrogen-bond acceptors (Lipinski definition) is 7. The molecule has 0 spiro atoms. The molecule has 0 radical (unpaired) electrons. The highest BCUT2D eigenvalue weighted by molar-refractivity contribution is 7.89. The van der Waals surface area contributed by atoms with Crippen LogP contribution in [0.15, 0.2) is 71.9 Å².